The van der Waals surface area contributed by atoms with E-state index in [0.29, 0.717) is 37.5 Å². The smallest absolute Gasteiger partial charge is 0.239 e. The molecule has 1 saturated carbocycles. The van der Waals surface area contributed by atoms with Gasteiger partial charge in [0, 0.05) is 19.1 Å². The highest BCUT2D eigenvalue weighted by molar-refractivity contribution is 6.29. The molecule has 0 aromatic carbocycles. The SMILES string of the molecule is O=C(NC1CC1)C1COCCN1Cc1cnc(Cl)cn1. The van der Waals surface area contributed by atoms with Crippen LogP contribution < -0.4 is 5.32 Å². The average molecular weight is 297 g/mol. The van der Waals surface area contributed by atoms with E-state index in [0.717, 1.165) is 18.5 Å². The normalized spacial score (nSPS) is 23.6. The van der Waals surface area contributed by atoms with Crippen LogP contribution in [0.1, 0.15) is 18.5 Å². The largest absolute Gasteiger partial charge is 0.378 e. The molecular weight excluding hydrogens is 280 g/mol. The van der Waals surface area contributed by atoms with Gasteiger partial charge in [-0.05, 0) is 12.8 Å². The van der Waals surface area contributed by atoms with Gasteiger partial charge in [0.1, 0.15) is 11.2 Å². The van der Waals surface area contributed by atoms with E-state index >= 15 is 0 Å². The molecule has 20 heavy (non-hydrogen) atoms. The Balaban J connectivity index is 1.64. The predicted octanol–water partition coefficient (Wildman–Crippen LogP) is 0.609. The molecular formula is C13H17ClN4O2. The van der Waals surface area contributed by atoms with Gasteiger partial charge in [-0.15, -0.1) is 0 Å². The summed E-state index contributed by atoms with van der Waals surface area (Å²) in [6, 6.07) is 0.114. The van der Waals surface area contributed by atoms with Crippen molar-refractivity contribution in [3.63, 3.8) is 0 Å². The van der Waals surface area contributed by atoms with Crippen molar-refractivity contribution in [2.45, 2.75) is 31.5 Å². The summed E-state index contributed by atoms with van der Waals surface area (Å²) in [5.74, 6) is 0.0501. The van der Waals surface area contributed by atoms with Gasteiger partial charge in [-0.1, -0.05) is 11.6 Å². The van der Waals surface area contributed by atoms with Crippen molar-refractivity contribution in [3.05, 3.63) is 23.2 Å². The zero-order valence-electron chi connectivity index (χ0n) is 11.1. The molecule has 0 radical (unpaired) electrons. The van der Waals surface area contributed by atoms with Crippen molar-refractivity contribution < 1.29 is 9.53 Å². The van der Waals surface area contributed by atoms with E-state index < -0.39 is 0 Å². The van der Waals surface area contributed by atoms with Crippen LogP contribution in [-0.2, 0) is 16.1 Å². The van der Waals surface area contributed by atoms with E-state index in [1.165, 1.54) is 6.20 Å². The van der Waals surface area contributed by atoms with Gasteiger partial charge in [-0.2, -0.15) is 0 Å². The molecule has 1 N–H and O–H groups in total. The van der Waals surface area contributed by atoms with Crippen molar-refractivity contribution in [2.75, 3.05) is 19.8 Å². The number of morpholine rings is 1. The lowest BCUT2D eigenvalue weighted by molar-refractivity contribution is -0.133. The van der Waals surface area contributed by atoms with Gasteiger partial charge in [0.2, 0.25) is 5.91 Å². The third kappa shape index (κ3) is 3.45. The summed E-state index contributed by atoms with van der Waals surface area (Å²) in [6.07, 6.45) is 5.34. The van der Waals surface area contributed by atoms with E-state index in [2.05, 4.69) is 20.2 Å². The Kier molecular flexibility index (Phi) is 4.14. The Labute approximate surface area is 122 Å². The first kappa shape index (κ1) is 13.7. The molecule has 1 saturated heterocycles. The lowest BCUT2D eigenvalue weighted by Gasteiger charge is -2.34. The summed E-state index contributed by atoms with van der Waals surface area (Å²) in [5, 5.41) is 3.40. The van der Waals surface area contributed by atoms with Crippen LogP contribution in [0.25, 0.3) is 0 Å². The van der Waals surface area contributed by atoms with Gasteiger partial charge < -0.3 is 10.1 Å². The summed E-state index contributed by atoms with van der Waals surface area (Å²) in [5.41, 5.74) is 0.806. The van der Waals surface area contributed by atoms with E-state index in [4.69, 9.17) is 16.3 Å². The van der Waals surface area contributed by atoms with Crippen LogP contribution in [0.3, 0.4) is 0 Å². The van der Waals surface area contributed by atoms with Crippen molar-refractivity contribution in [1.29, 1.82) is 0 Å². The quantitative estimate of drug-likeness (QED) is 0.882. The number of ether oxygens (including phenoxy) is 1. The molecule has 0 spiro atoms. The third-order valence-electron chi connectivity index (χ3n) is 3.50. The molecule has 6 nitrogen and oxygen atoms in total. The Hall–Kier alpha value is -1.24. The Bertz CT molecular complexity index is 478. The summed E-state index contributed by atoms with van der Waals surface area (Å²) in [4.78, 5) is 22.5. The predicted molar refractivity (Wildman–Crippen MR) is 73.2 cm³/mol. The number of aromatic nitrogens is 2. The highest BCUT2D eigenvalue weighted by Gasteiger charge is 2.33. The second-order valence-electron chi connectivity index (χ2n) is 5.17. The first-order valence-electron chi connectivity index (χ1n) is 6.81. The topological polar surface area (TPSA) is 67.3 Å². The molecule has 2 heterocycles. The lowest BCUT2D eigenvalue weighted by Crippen LogP contribution is -2.53. The van der Waals surface area contributed by atoms with E-state index in [1.807, 2.05) is 0 Å². The van der Waals surface area contributed by atoms with E-state index in [-0.39, 0.29) is 11.9 Å². The van der Waals surface area contributed by atoms with Crippen LogP contribution in [0.15, 0.2) is 12.4 Å². The van der Waals surface area contributed by atoms with Gasteiger partial charge >= 0.3 is 0 Å². The third-order valence-corrected chi connectivity index (χ3v) is 3.70. The minimum absolute atomic E-state index is 0.0501. The van der Waals surface area contributed by atoms with E-state index in [9.17, 15) is 4.79 Å². The van der Waals surface area contributed by atoms with Crippen LogP contribution in [0.4, 0.5) is 0 Å². The van der Waals surface area contributed by atoms with Gasteiger partial charge in [0.15, 0.2) is 0 Å². The van der Waals surface area contributed by atoms with Gasteiger partial charge in [0.25, 0.3) is 0 Å². The Morgan fingerprint density at radius 2 is 2.30 bits per heavy atom. The second kappa shape index (κ2) is 6.03. The molecule has 0 bridgehead atoms. The number of hydrogen-bond acceptors (Lipinski definition) is 5. The molecule has 108 valence electrons. The number of carbonyl (C=O) groups is 1. The highest BCUT2D eigenvalue weighted by Crippen LogP contribution is 2.20. The fourth-order valence-electron chi connectivity index (χ4n) is 2.22. The van der Waals surface area contributed by atoms with Gasteiger partial charge in [0.05, 0.1) is 31.3 Å². The molecule has 1 atom stereocenters. The maximum Gasteiger partial charge on any atom is 0.239 e. The number of rotatable bonds is 4. The van der Waals surface area contributed by atoms with Crippen LogP contribution in [0.2, 0.25) is 5.15 Å². The average Bonchev–Trinajstić information content (AvgIpc) is 3.26. The molecule has 1 aliphatic carbocycles. The summed E-state index contributed by atoms with van der Waals surface area (Å²) >= 11 is 5.73. The summed E-state index contributed by atoms with van der Waals surface area (Å²) < 4.78 is 5.43. The maximum atomic E-state index is 12.2. The van der Waals surface area contributed by atoms with Crippen molar-refractivity contribution in [3.8, 4) is 0 Å². The molecule has 7 heteroatoms. The standard InChI is InChI=1S/C13H17ClN4O2/c14-12-6-15-10(5-16-12)7-18-3-4-20-8-11(18)13(19)17-9-1-2-9/h5-6,9,11H,1-4,7-8H2,(H,17,19). The van der Waals surface area contributed by atoms with Gasteiger partial charge in [-0.25, -0.2) is 4.98 Å². The van der Waals surface area contributed by atoms with Crippen molar-refractivity contribution in [2.24, 2.45) is 0 Å². The maximum absolute atomic E-state index is 12.2. The Morgan fingerprint density at radius 3 is 3.00 bits per heavy atom. The number of amides is 1. The van der Waals surface area contributed by atoms with Crippen molar-refractivity contribution >= 4 is 17.5 Å². The first-order chi connectivity index (χ1) is 9.72. The van der Waals surface area contributed by atoms with Crippen LogP contribution >= 0.6 is 11.6 Å². The molecule has 1 aliphatic heterocycles. The highest BCUT2D eigenvalue weighted by atomic mass is 35.5. The van der Waals surface area contributed by atoms with Crippen molar-refractivity contribution in [1.82, 2.24) is 20.2 Å². The monoisotopic (exact) mass is 296 g/mol. The zero-order valence-corrected chi connectivity index (χ0v) is 11.8. The molecule has 1 aromatic heterocycles. The van der Waals surface area contributed by atoms with Crippen LogP contribution in [0, 0.1) is 0 Å². The molecule has 3 rings (SSSR count). The summed E-state index contributed by atoms with van der Waals surface area (Å²) in [6.45, 7) is 2.36. The number of carbonyl (C=O) groups excluding carboxylic acids is 1. The van der Waals surface area contributed by atoms with Crippen LogP contribution in [-0.4, -0.2) is 52.6 Å². The zero-order chi connectivity index (χ0) is 13.9. The molecule has 2 aliphatic rings. The van der Waals surface area contributed by atoms with Gasteiger partial charge in [-0.3, -0.25) is 14.7 Å². The second-order valence-corrected chi connectivity index (χ2v) is 5.56. The lowest BCUT2D eigenvalue weighted by atomic mass is 10.2. The number of hydrogen-bond donors (Lipinski definition) is 1. The molecule has 1 amide bonds. The Morgan fingerprint density at radius 1 is 1.45 bits per heavy atom. The molecule has 2 fully saturated rings. The number of nitrogens with zero attached hydrogens (tertiary/aromatic N) is 3. The minimum atomic E-state index is -0.248. The molecule has 1 unspecified atom stereocenters. The fourth-order valence-corrected chi connectivity index (χ4v) is 2.32. The fraction of sp³-hybridized carbons (Fsp3) is 0.615. The number of nitrogens with one attached hydrogen (secondary N) is 1. The molecule has 1 aromatic rings. The number of halogens is 1. The van der Waals surface area contributed by atoms with E-state index in [1.54, 1.807) is 6.20 Å². The summed E-state index contributed by atoms with van der Waals surface area (Å²) in [7, 11) is 0. The first-order valence-corrected chi connectivity index (χ1v) is 7.19. The van der Waals surface area contributed by atoms with Crippen LogP contribution in [0.5, 0.6) is 0 Å². The minimum Gasteiger partial charge on any atom is -0.378 e.